The van der Waals surface area contributed by atoms with E-state index in [1.54, 1.807) is 0 Å². The van der Waals surface area contributed by atoms with Gasteiger partial charge in [0.1, 0.15) is 0 Å². The average Bonchev–Trinajstić information content (AvgIpc) is 2.84. The van der Waals surface area contributed by atoms with Crippen molar-refractivity contribution in [3.63, 3.8) is 0 Å². The zero-order valence-corrected chi connectivity index (χ0v) is 12.0. The van der Waals surface area contributed by atoms with Crippen LogP contribution < -0.4 is 10.2 Å². The second kappa shape index (κ2) is 6.26. The first kappa shape index (κ1) is 14.2. The van der Waals surface area contributed by atoms with E-state index < -0.39 is 0 Å². The Balaban J connectivity index is 0.00000133. The summed E-state index contributed by atoms with van der Waals surface area (Å²) in [6.07, 6.45) is 2.61. The smallest absolute Gasteiger partial charge is 0.203 e. The number of H-pyrrole nitrogens is 1. The summed E-state index contributed by atoms with van der Waals surface area (Å²) in [4.78, 5) is 10.2. The number of fused-ring (bicyclic) bond motifs is 1. The number of benzene rings is 1. The van der Waals surface area contributed by atoms with E-state index in [1.807, 2.05) is 18.2 Å². The van der Waals surface area contributed by atoms with E-state index in [2.05, 4.69) is 33.3 Å². The number of para-hydroxylation sites is 2. The number of anilines is 1. The number of halogens is 1. The third kappa shape index (κ3) is 3.19. The molecule has 1 aromatic carbocycles. The Kier molecular flexibility index (Phi) is 4.66. The van der Waals surface area contributed by atoms with Crippen LogP contribution >= 0.6 is 12.4 Å². The second-order valence-corrected chi connectivity index (χ2v) is 5.17. The summed E-state index contributed by atoms with van der Waals surface area (Å²) in [7, 11) is 2.12. The number of piperidine rings is 1. The Morgan fingerprint density at radius 3 is 2.95 bits per heavy atom. The number of rotatable bonds is 3. The maximum atomic E-state index is 4.63. The Morgan fingerprint density at radius 1 is 1.37 bits per heavy atom. The van der Waals surface area contributed by atoms with E-state index in [1.165, 1.54) is 19.4 Å². The SMILES string of the molecule is CN(CC1CCCNC1)c1nc2ccccc2[nH]1.Cl. The van der Waals surface area contributed by atoms with Gasteiger partial charge >= 0.3 is 0 Å². The molecule has 2 aromatic rings. The van der Waals surface area contributed by atoms with E-state index in [9.17, 15) is 0 Å². The average molecular weight is 281 g/mol. The largest absolute Gasteiger partial charge is 0.345 e. The van der Waals surface area contributed by atoms with Crippen molar-refractivity contribution in [1.29, 1.82) is 0 Å². The van der Waals surface area contributed by atoms with Gasteiger partial charge in [-0.25, -0.2) is 4.98 Å². The topological polar surface area (TPSA) is 44.0 Å². The molecule has 1 saturated heterocycles. The second-order valence-electron chi connectivity index (χ2n) is 5.17. The lowest BCUT2D eigenvalue weighted by atomic mass is 9.99. The van der Waals surface area contributed by atoms with Crippen molar-refractivity contribution in [2.45, 2.75) is 12.8 Å². The number of nitrogens with zero attached hydrogens (tertiary/aromatic N) is 2. The molecule has 1 atom stereocenters. The van der Waals surface area contributed by atoms with E-state index in [0.29, 0.717) is 0 Å². The molecule has 2 heterocycles. The molecule has 1 aliphatic rings. The van der Waals surface area contributed by atoms with Crippen molar-refractivity contribution in [2.24, 2.45) is 5.92 Å². The minimum absolute atomic E-state index is 0. The molecule has 1 aromatic heterocycles. The molecule has 0 aliphatic carbocycles. The highest BCUT2D eigenvalue weighted by atomic mass is 35.5. The summed E-state index contributed by atoms with van der Waals surface area (Å²) in [6, 6.07) is 8.18. The standard InChI is InChI=1S/C14H20N4.ClH/c1-18(10-11-5-4-8-15-9-11)14-16-12-6-2-3-7-13(12)17-14;/h2-3,6-7,11,15H,4-5,8-10H2,1H3,(H,16,17);1H. The van der Waals surface area contributed by atoms with Crippen molar-refractivity contribution >= 4 is 29.4 Å². The van der Waals surface area contributed by atoms with E-state index in [4.69, 9.17) is 0 Å². The first-order valence-electron chi connectivity index (χ1n) is 6.69. The van der Waals surface area contributed by atoms with Crippen LogP contribution in [0.25, 0.3) is 11.0 Å². The molecule has 1 aliphatic heterocycles. The van der Waals surface area contributed by atoms with Crippen LogP contribution in [0.3, 0.4) is 0 Å². The fraction of sp³-hybridized carbons (Fsp3) is 0.500. The quantitative estimate of drug-likeness (QED) is 0.908. The Hall–Kier alpha value is -1.26. The molecule has 3 rings (SSSR count). The van der Waals surface area contributed by atoms with Gasteiger partial charge in [0, 0.05) is 13.6 Å². The summed E-state index contributed by atoms with van der Waals surface area (Å²) in [5.74, 6) is 1.71. The van der Waals surface area contributed by atoms with Gasteiger partial charge in [-0.05, 0) is 44.0 Å². The van der Waals surface area contributed by atoms with Crippen molar-refractivity contribution < 1.29 is 0 Å². The fourth-order valence-corrected chi connectivity index (χ4v) is 2.67. The van der Waals surface area contributed by atoms with Crippen LogP contribution in [-0.2, 0) is 0 Å². The van der Waals surface area contributed by atoms with Crippen LogP contribution in [0.15, 0.2) is 24.3 Å². The summed E-state index contributed by atoms with van der Waals surface area (Å²) in [5, 5.41) is 3.46. The van der Waals surface area contributed by atoms with Gasteiger partial charge < -0.3 is 15.2 Å². The Bertz CT molecular complexity index is 486. The molecule has 0 radical (unpaired) electrons. The highest BCUT2D eigenvalue weighted by molar-refractivity contribution is 5.85. The summed E-state index contributed by atoms with van der Waals surface area (Å²) in [6.45, 7) is 3.36. The van der Waals surface area contributed by atoms with Gasteiger partial charge in [0.15, 0.2) is 0 Å². The Morgan fingerprint density at radius 2 is 2.21 bits per heavy atom. The van der Waals surface area contributed by atoms with Gasteiger partial charge in [-0.15, -0.1) is 12.4 Å². The van der Waals surface area contributed by atoms with Crippen LogP contribution in [0.5, 0.6) is 0 Å². The van der Waals surface area contributed by atoms with Crippen LogP contribution in [0.1, 0.15) is 12.8 Å². The number of nitrogens with one attached hydrogen (secondary N) is 2. The molecule has 19 heavy (non-hydrogen) atoms. The molecule has 0 saturated carbocycles. The summed E-state index contributed by atoms with van der Waals surface area (Å²) in [5.41, 5.74) is 2.15. The molecule has 1 unspecified atom stereocenters. The number of hydrogen-bond acceptors (Lipinski definition) is 3. The third-order valence-electron chi connectivity index (χ3n) is 3.67. The van der Waals surface area contributed by atoms with E-state index in [-0.39, 0.29) is 12.4 Å². The highest BCUT2D eigenvalue weighted by Crippen LogP contribution is 2.18. The lowest BCUT2D eigenvalue weighted by Gasteiger charge is -2.27. The van der Waals surface area contributed by atoms with Gasteiger partial charge in [0.25, 0.3) is 0 Å². The molecular formula is C14H21ClN4. The summed E-state index contributed by atoms with van der Waals surface area (Å²) < 4.78 is 0. The highest BCUT2D eigenvalue weighted by Gasteiger charge is 2.16. The fourth-order valence-electron chi connectivity index (χ4n) is 2.67. The maximum absolute atomic E-state index is 4.63. The molecule has 104 valence electrons. The van der Waals surface area contributed by atoms with Crippen molar-refractivity contribution in [1.82, 2.24) is 15.3 Å². The zero-order chi connectivity index (χ0) is 12.4. The number of imidazole rings is 1. The van der Waals surface area contributed by atoms with Crippen LogP contribution in [0.2, 0.25) is 0 Å². The van der Waals surface area contributed by atoms with Crippen LogP contribution in [0, 0.1) is 5.92 Å². The molecule has 0 amide bonds. The molecular weight excluding hydrogens is 260 g/mol. The predicted octanol–water partition coefficient (Wildman–Crippen LogP) is 2.42. The van der Waals surface area contributed by atoms with Crippen LogP contribution in [0.4, 0.5) is 5.95 Å². The first-order valence-corrected chi connectivity index (χ1v) is 6.69. The van der Waals surface area contributed by atoms with E-state index >= 15 is 0 Å². The zero-order valence-electron chi connectivity index (χ0n) is 11.2. The molecule has 1 fully saturated rings. The number of aromatic nitrogens is 2. The normalized spacial score (nSPS) is 19.1. The summed E-state index contributed by atoms with van der Waals surface area (Å²) >= 11 is 0. The van der Waals surface area contributed by atoms with E-state index in [0.717, 1.165) is 36.0 Å². The third-order valence-corrected chi connectivity index (χ3v) is 3.67. The number of aromatic amines is 1. The molecule has 0 bridgehead atoms. The molecule has 5 heteroatoms. The minimum Gasteiger partial charge on any atom is -0.345 e. The van der Waals surface area contributed by atoms with Gasteiger partial charge in [0.2, 0.25) is 5.95 Å². The van der Waals surface area contributed by atoms with Gasteiger partial charge in [-0.3, -0.25) is 0 Å². The maximum Gasteiger partial charge on any atom is 0.203 e. The Labute approximate surface area is 120 Å². The van der Waals surface area contributed by atoms with Crippen LogP contribution in [-0.4, -0.2) is 36.6 Å². The lowest BCUT2D eigenvalue weighted by Crippen LogP contribution is -2.37. The first-order chi connectivity index (χ1) is 8.83. The molecule has 2 N–H and O–H groups in total. The van der Waals surface area contributed by atoms with Gasteiger partial charge in [-0.1, -0.05) is 12.1 Å². The lowest BCUT2D eigenvalue weighted by molar-refractivity contribution is 0.380. The number of hydrogen-bond donors (Lipinski definition) is 2. The molecule has 4 nitrogen and oxygen atoms in total. The predicted molar refractivity (Wildman–Crippen MR) is 82.2 cm³/mol. The van der Waals surface area contributed by atoms with Crippen molar-refractivity contribution in [3.05, 3.63) is 24.3 Å². The monoisotopic (exact) mass is 280 g/mol. The molecule has 0 spiro atoms. The van der Waals surface area contributed by atoms with Crippen molar-refractivity contribution in [2.75, 3.05) is 31.6 Å². The van der Waals surface area contributed by atoms with Gasteiger partial charge in [-0.2, -0.15) is 0 Å². The van der Waals surface area contributed by atoms with Gasteiger partial charge in [0.05, 0.1) is 11.0 Å². The van der Waals surface area contributed by atoms with Crippen molar-refractivity contribution in [3.8, 4) is 0 Å². The minimum atomic E-state index is 0.